The van der Waals surface area contributed by atoms with E-state index in [0.717, 1.165) is 37.2 Å². The molecular weight excluding hydrogens is 189 g/mol. The summed E-state index contributed by atoms with van der Waals surface area (Å²) < 4.78 is 13.7. The lowest BCUT2D eigenvalue weighted by Gasteiger charge is -2.24. The molecule has 0 amide bonds. The van der Waals surface area contributed by atoms with E-state index in [2.05, 4.69) is 18.7 Å². The van der Waals surface area contributed by atoms with E-state index in [-0.39, 0.29) is 5.82 Å². The highest BCUT2D eigenvalue weighted by Gasteiger charge is 2.09. The summed E-state index contributed by atoms with van der Waals surface area (Å²) in [7, 11) is 0. The minimum absolute atomic E-state index is 0.100. The smallest absolute Gasteiger partial charge is 0.146 e. The molecule has 0 unspecified atom stereocenters. The molecule has 0 atom stereocenters. The van der Waals surface area contributed by atoms with Crippen molar-refractivity contribution in [2.24, 2.45) is 0 Å². The van der Waals surface area contributed by atoms with Crippen molar-refractivity contribution in [3.63, 3.8) is 0 Å². The van der Waals surface area contributed by atoms with Gasteiger partial charge in [0.2, 0.25) is 0 Å². The summed E-state index contributed by atoms with van der Waals surface area (Å²) in [5, 5.41) is 0. The van der Waals surface area contributed by atoms with Crippen LogP contribution in [0.1, 0.15) is 32.3 Å². The number of nitrogens with zero attached hydrogens (tertiary/aromatic N) is 1. The summed E-state index contributed by atoms with van der Waals surface area (Å²) in [6.45, 7) is 8.00. The van der Waals surface area contributed by atoms with Crippen LogP contribution < -0.4 is 4.90 Å². The van der Waals surface area contributed by atoms with Crippen LogP contribution in [0.3, 0.4) is 0 Å². The highest BCUT2D eigenvalue weighted by molar-refractivity contribution is 5.48. The Bertz CT molecular complexity index is 303. The quantitative estimate of drug-likeness (QED) is 0.713. The van der Waals surface area contributed by atoms with Gasteiger partial charge >= 0.3 is 0 Å². The van der Waals surface area contributed by atoms with Gasteiger partial charge in [-0.3, -0.25) is 0 Å². The fourth-order valence-corrected chi connectivity index (χ4v) is 1.76. The molecule has 0 radical (unpaired) electrons. The molecule has 0 bridgehead atoms. The summed E-state index contributed by atoms with van der Waals surface area (Å²) in [6, 6.07) is 5.46. The Morgan fingerprint density at radius 1 is 1.13 bits per heavy atom. The molecule has 0 aromatic heterocycles. The molecule has 1 nitrogen and oxygen atoms in total. The van der Waals surface area contributed by atoms with Crippen molar-refractivity contribution in [1.82, 2.24) is 0 Å². The second-order valence-electron chi connectivity index (χ2n) is 3.94. The SMILES string of the molecule is CCCN(CCC)c1ccc(C)cc1F. The Morgan fingerprint density at radius 2 is 1.73 bits per heavy atom. The predicted molar refractivity (Wildman–Crippen MR) is 63.9 cm³/mol. The van der Waals surface area contributed by atoms with Gasteiger partial charge in [-0.1, -0.05) is 19.9 Å². The number of hydrogen-bond acceptors (Lipinski definition) is 1. The average Bonchev–Trinajstić information content (AvgIpc) is 2.17. The molecule has 0 spiro atoms. The summed E-state index contributed by atoms with van der Waals surface area (Å²) in [6.07, 6.45) is 2.10. The highest BCUT2D eigenvalue weighted by Crippen LogP contribution is 2.20. The molecular formula is C13H20FN. The average molecular weight is 209 g/mol. The molecule has 0 aliphatic carbocycles. The second-order valence-corrected chi connectivity index (χ2v) is 3.94. The fraction of sp³-hybridized carbons (Fsp3) is 0.538. The molecule has 2 heteroatoms. The zero-order valence-corrected chi connectivity index (χ0v) is 9.89. The summed E-state index contributed by atoms with van der Waals surface area (Å²) >= 11 is 0. The minimum atomic E-state index is -0.100. The largest absolute Gasteiger partial charge is 0.369 e. The van der Waals surface area contributed by atoms with Gasteiger partial charge < -0.3 is 4.90 Å². The topological polar surface area (TPSA) is 3.24 Å². The third kappa shape index (κ3) is 3.22. The van der Waals surface area contributed by atoms with E-state index in [1.165, 1.54) is 0 Å². The number of hydrogen-bond donors (Lipinski definition) is 0. The molecule has 1 rings (SSSR count). The van der Waals surface area contributed by atoms with Crippen LogP contribution >= 0.6 is 0 Å². The van der Waals surface area contributed by atoms with Crippen LogP contribution in [0.25, 0.3) is 0 Å². The third-order valence-electron chi connectivity index (χ3n) is 2.43. The number of aryl methyl sites for hydroxylation is 1. The lowest BCUT2D eigenvalue weighted by molar-refractivity contribution is 0.612. The van der Waals surface area contributed by atoms with E-state index >= 15 is 0 Å². The van der Waals surface area contributed by atoms with Crippen LogP contribution in [0.2, 0.25) is 0 Å². The standard InChI is InChI=1S/C13H20FN/c1-4-8-15(9-5-2)13-7-6-11(3)10-12(13)14/h6-7,10H,4-5,8-9H2,1-3H3. The first-order valence-electron chi connectivity index (χ1n) is 5.70. The van der Waals surface area contributed by atoms with Gasteiger partial charge in [0.25, 0.3) is 0 Å². The lowest BCUT2D eigenvalue weighted by Crippen LogP contribution is -2.25. The van der Waals surface area contributed by atoms with Gasteiger partial charge in [-0.25, -0.2) is 4.39 Å². The Hall–Kier alpha value is -1.05. The second kappa shape index (κ2) is 5.74. The van der Waals surface area contributed by atoms with Gasteiger partial charge in [-0.15, -0.1) is 0 Å². The minimum Gasteiger partial charge on any atom is -0.369 e. The Labute approximate surface area is 91.9 Å². The summed E-state index contributed by atoms with van der Waals surface area (Å²) in [4.78, 5) is 2.12. The van der Waals surface area contributed by atoms with Crippen molar-refractivity contribution in [3.05, 3.63) is 29.6 Å². The molecule has 0 N–H and O–H groups in total. The molecule has 84 valence electrons. The van der Waals surface area contributed by atoms with Crippen LogP contribution in [0.5, 0.6) is 0 Å². The number of halogens is 1. The van der Waals surface area contributed by atoms with Gasteiger partial charge in [-0.2, -0.15) is 0 Å². The molecule has 0 saturated carbocycles. The molecule has 0 aliphatic rings. The molecule has 15 heavy (non-hydrogen) atoms. The maximum absolute atomic E-state index is 13.7. The maximum atomic E-state index is 13.7. The molecule has 1 aromatic carbocycles. The zero-order chi connectivity index (χ0) is 11.3. The summed E-state index contributed by atoms with van der Waals surface area (Å²) in [5.74, 6) is -0.100. The van der Waals surface area contributed by atoms with Crippen LogP contribution in [-0.2, 0) is 0 Å². The monoisotopic (exact) mass is 209 g/mol. The Morgan fingerprint density at radius 3 is 2.20 bits per heavy atom. The van der Waals surface area contributed by atoms with E-state index in [1.807, 2.05) is 19.1 Å². The van der Waals surface area contributed by atoms with Gasteiger partial charge in [0.1, 0.15) is 5.82 Å². The van der Waals surface area contributed by atoms with Gasteiger partial charge in [0.05, 0.1) is 5.69 Å². The van der Waals surface area contributed by atoms with Crippen molar-refractivity contribution >= 4 is 5.69 Å². The van der Waals surface area contributed by atoms with Crippen LogP contribution in [0.15, 0.2) is 18.2 Å². The first-order chi connectivity index (χ1) is 7.19. The van der Waals surface area contributed by atoms with E-state index < -0.39 is 0 Å². The van der Waals surface area contributed by atoms with Gasteiger partial charge in [0.15, 0.2) is 0 Å². The highest BCUT2D eigenvalue weighted by atomic mass is 19.1. The van der Waals surface area contributed by atoms with Crippen molar-refractivity contribution < 1.29 is 4.39 Å². The Kier molecular flexibility index (Phi) is 4.60. The molecule has 1 aromatic rings. The van der Waals surface area contributed by atoms with E-state index in [9.17, 15) is 4.39 Å². The molecule has 0 aliphatic heterocycles. The first-order valence-corrected chi connectivity index (χ1v) is 5.70. The van der Waals surface area contributed by atoms with E-state index in [1.54, 1.807) is 6.07 Å². The predicted octanol–water partition coefficient (Wildman–Crippen LogP) is 3.76. The molecule has 0 heterocycles. The van der Waals surface area contributed by atoms with Gasteiger partial charge in [-0.05, 0) is 37.5 Å². The van der Waals surface area contributed by atoms with Crippen LogP contribution in [0, 0.1) is 12.7 Å². The zero-order valence-electron chi connectivity index (χ0n) is 9.89. The normalized spacial score (nSPS) is 10.4. The van der Waals surface area contributed by atoms with E-state index in [0.29, 0.717) is 0 Å². The fourth-order valence-electron chi connectivity index (χ4n) is 1.76. The number of rotatable bonds is 5. The first kappa shape index (κ1) is 12.0. The van der Waals surface area contributed by atoms with Crippen LogP contribution in [-0.4, -0.2) is 13.1 Å². The number of benzene rings is 1. The lowest BCUT2D eigenvalue weighted by atomic mass is 10.2. The Balaban J connectivity index is 2.89. The maximum Gasteiger partial charge on any atom is 0.146 e. The van der Waals surface area contributed by atoms with Gasteiger partial charge in [0, 0.05) is 13.1 Å². The third-order valence-corrected chi connectivity index (χ3v) is 2.43. The van der Waals surface area contributed by atoms with Crippen molar-refractivity contribution in [1.29, 1.82) is 0 Å². The summed E-state index contributed by atoms with van der Waals surface area (Å²) in [5.41, 5.74) is 1.72. The number of anilines is 1. The van der Waals surface area contributed by atoms with Crippen molar-refractivity contribution in [2.75, 3.05) is 18.0 Å². The molecule has 0 fully saturated rings. The van der Waals surface area contributed by atoms with Crippen LogP contribution in [0.4, 0.5) is 10.1 Å². The van der Waals surface area contributed by atoms with Crippen molar-refractivity contribution in [2.45, 2.75) is 33.6 Å². The van der Waals surface area contributed by atoms with Crippen molar-refractivity contribution in [3.8, 4) is 0 Å². The van der Waals surface area contributed by atoms with E-state index in [4.69, 9.17) is 0 Å². The molecule has 0 saturated heterocycles.